The Balaban J connectivity index is 1.69. The number of benzene rings is 2. The molecular formula is C18H20N4S2. The van der Waals surface area contributed by atoms with Crippen molar-refractivity contribution in [3.8, 4) is 11.4 Å². The lowest BCUT2D eigenvalue weighted by atomic mass is 10.2. The van der Waals surface area contributed by atoms with E-state index >= 15 is 0 Å². The van der Waals surface area contributed by atoms with Crippen LogP contribution in [-0.2, 0) is 13.2 Å². The molecule has 0 spiro atoms. The molecule has 0 aliphatic rings. The zero-order valence-electron chi connectivity index (χ0n) is 13.8. The molecule has 0 bridgehead atoms. The van der Waals surface area contributed by atoms with Crippen molar-refractivity contribution in [2.75, 3.05) is 13.3 Å². The second-order valence-electron chi connectivity index (χ2n) is 5.65. The van der Waals surface area contributed by atoms with E-state index in [9.17, 15) is 0 Å². The first kappa shape index (κ1) is 17.0. The first-order chi connectivity index (χ1) is 11.7. The van der Waals surface area contributed by atoms with Crippen LogP contribution >= 0.6 is 24.0 Å². The van der Waals surface area contributed by atoms with E-state index in [1.54, 1.807) is 11.8 Å². The summed E-state index contributed by atoms with van der Waals surface area (Å²) >= 11 is 7.14. The van der Waals surface area contributed by atoms with Gasteiger partial charge < -0.3 is 0 Å². The summed E-state index contributed by atoms with van der Waals surface area (Å²) in [5.41, 5.74) is 2.32. The zero-order valence-corrected chi connectivity index (χ0v) is 15.4. The zero-order chi connectivity index (χ0) is 16.9. The van der Waals surface area contributed by atoms with E-state index in [2.05, 4.69) is 52.6 Å². The van der Waals surface area contributed by atoms with Gasteiger partial charge in [0.2, 0.25) is 4.77 Å². The van der Waals surface area contributed by atoms with Crippen LogP contribution in [0.2, 0.25) is 0 Å². The number of aromatic nitrogens is 3. The Bertz CT molecular complexity index is 837. The lowest BCUT2D eigenvalue weighted by Crippen LogP contribution is -2.22. The molecule has 0 radical (unpaired) electrons. The Labute approximate surface area is 151 Å². The summed E-state index contributed by atoms with van der Waals surface area (Å²) in [6, 6.07) is 18.7. The Morgan fingerprint density at radius 1 is 1.12 bits per heavy atom. The monoisotopic (exact) mass is 356 g/mol. The number of hydrogen-bond donors (Lipinski definition) is 1. The summed E-state index contributed by atoms with van der Waals surface area (Å²) < 4.78 is 2.46. The summed E-state index contributed by atoms with van der Waals surface area (Å²) in [5, 5.41) is 3.29. The minimum absolute atomic E-state index is 0.568. The van der Waals surface area contributed by atoms with E-state index in [4.69, 9.17) is 12.2 Å². The summed E-state index contributed by atoms with van der Waals surface area (Å²) in [4.78, 5) is 7.94. The van der Waals surface area contributed by atoms with Gasteiger partial charge in [-0.05, 0) is 43.2 Å². The van der Waals surface area contributed by atoms with Gasteiger partial charge in [0.15, 0.2) is 5.82 Å². The van der Waals surface area contributed by atoms with Crippen molar-refractivity contribution in [3.63, 3.8) is 0 Å². The Morgan fingerprint density at radius 3 is 2.50 bits per heavy atom. The van der Waals surface area contributed by atoms with Crippen LogP contribution in [0, 0.1) is 4.77 Å². The van der Waals surface area contributed by atoms with Gasteiger partial charge in [0, 0.05) is 17.0 Å². The van der Waals surface area contributed by atoms with Gasteiger partial charge in [-0.25, -0.2) is 4.68 Å². The fraction of sp³-hybridized carbons (Fsp3) is 0.222. The molecule has 1 aromatic heterocycles. The van der Waals surface area contributed by atoms with Crippen LogP contribution in [0.4, 0.5) is 0 Å². The normalized spacial score (nSPS) is 11.1. The minimum Gasteiger partial charge on any atom is -0.283 e. The Morgan fingerprint density at radius 2 is 1.83 bits per heavy atom. The summed E-state index contributed by atoms with van der Waals surface area (Å²) in [6.07, 6.45) is 2.09. The molecule has 0 aliphatic heterocycles. The second kappa shape index (κ2) is 7.79. The SMILES string of the molecule is CSc1ccc(CN(C)Cn2[nH]c(-c3ccccc3)nc2=S)cc1. The van der Waals surface area contributed by atoms with Crippen molar-refractivity contribution in [2.24, 2.45) is 0 Å². The van der Waals surface area contributed by atoms with Gasteiger partial charge in [-0.15, -0.1) is 11.8 Å². The van der Waals surface area contributed by atoms with Crippen LogP contribution in [0.15, 0.2) is 59.5 Å². The smallest absolute Gasteiger partial charge is 0.217 e. The molecule has 0 amide bonds. The van der Waals surface area contributed by atoms with Gasteiger partial charge in [0.05, 0.1) is 6.67 Å². The van der Waals surface area contributed by atoms with Crippen LogP contribution in [-0.4, -0.2) is 33.0 Å². The van der Waals surface area contributed by atoms with Crippen molar-refractivity contribution >= 4 is 24.0 Å². The highest BCUT2D eigenvalue weighted by Gasteiger charge is 2.07. The molecule has 124 valence electrons. The number of aromatic amines is 1. The number of hydrogen-bond acceptors (Lipinski definition) is 4. The van der Waals surface area contributed by atoms with Crippen LogP contribution in [0.3, 0.4) is 0 Å². The number of rotatable bonds is 6. The highest BCUT2D eigenvalue weighted by atomic mass is 32.2. The maximum atomic E-state index is 5.38. The van der Waals surface area contributed by atoms with Gasteiger partial charge in [-0.1, -0.05) is 42.5 Å². The van der Waals surface area contributed by atoms with Gasteiger partial charge in [-0.3, -0.25) is 10.00 Å². The first-order valence-electron chi connectivity index (χ1n) is 7.69. The molecule has 6 heteroatoms. The predicted octanol–water partition coefficient (Wildman–Crippen LogP) is 4.42. The predicted molar refractivity (Wildman–Crippen MR) is 103 cm³/mol. The molecule has 2 aromatic carbocycles. The number of thioether (sulfide) groups is 1. The van der Waals surface area contributed by atoms with E-state index in [0.717, 1.165) is 17.9 Å². The summed E-state index contributed by atoms with van der Waals surface area (Å²) in [5.74, 6) is 0.804. The van der Waals surface area contributed by atoms with Crippen molar-refractivity contribution < 1.29 is 0 Å². The van der Waals surface area contributed by atoms with Gasteiger partial charge >= 0.3 is 0 Å². The van der Waals surface area contributed by atoms with E-state index in [-0.39, 0.29) is 0 Å². The topological polar surface area (TPSA) is 36.9 Å². The average molecular weight is 357 g/mol. The molecule has 1 heterocycles. The van der Waals surface area contributed by atoms with Crippen LogP contribution in [0.25, 0.3) is 11.4 Å². The quantitative estimate of drug-likeness (QED) is 0.524. The molecule has 24 heavy (non-hydrogen) atoms. The molecule has 4 nitrogen and oxygen atoms in total. The highest BCUT2D eigenvalue weighted by Crippen LogP contribution is 2.16. The molecule has 0 unspecified atom stereocenters. The fourth-order valence-corrected chi connectivity index (χ4v) is 3.11. The standard InChI is InChI=1S/C18H20N4S2/c1-21(12-14-8-10-16(24-2)11-9-14)13-22-18(23)19-17(20-22)15-6-4-3-5-7-15/h3-11H,12-13H2,1-2H3,(H,19,20,23). The molecule has 3 rings (SSSR count). The van der Waals surface area contributed by atoms with Crippen LogP contribution in [0.5, 0.6) is 0 Å². The van der Waals surface area contributed by atoms with E-state index in [1.165, 1.54) is 10.5 Å². The fourth-order valence-electron chi connectivity index (χ4n) is 2.51. The molecule has 3 aromatic rings. The van der Waals surface area contributed by atoms with Gasteiger partial charge in [0.25, 0.3) is 0 Å². The van der Waals surface area contributed by atoms with E-state index in [0.29, 0.717) is 11.4 Å². The van der Waals surface area contributed by atoms with E-state index < -0.39 is 0 Å². The van der Waals surface area contributed by atoms with Gasteiger partial charge in [-0.2, -0.15) is 4.98 Å². The molecule has 0 atom stereocenters. The molecular weight excluding hydrogens is 336 g/mol. The summed E-state index contributed by atoms with van der Waals surface area (Å²) in [7, 11) is 2.08. The highest BCUT2D eigenvalue weighted by molar-refractivity contribution is 7.98. The number of nitrogens with zero attached hydrogens (tertiary/aromatic N) is 3. The van der Waals surface area contributed by atoms with Crippen molar-refractivity contribution in [3.05, 3.63) is 64.9 Å². The third kappa shape index (κ3) is 4.14. The molecule has 0 saturated carbocycles. The second-order valence-corrected chi connectivity index (χ2v) is 6.90. The number of H-pyrrole nitrogens is 1. The largest absolute Gasteiger partial charge is 0.283 e. The van der Waals surface area contributed by atoms with E-state index in [1.807, 2.05) is 35.0 Å². The third-order valence-electron chi connectivity index (χ3n) is 3.72. The number of nitrogens with one attached hydrogen (secondary N) is 1. The van der Waals surface area contributed by atoms with Gasteiger partial charge in [0.1, 0.15) is 0 Å². The van der Waals surface area contributed by atoms with Crippen molar-refractivity contribution in [1.82, 2.24) is 19.7 Å². The Kier molecular flexibility index (Phi) is 5.50. The minimum atomic E-state index is 0.568. The molecule has 1 N–H and O–H groups in total. The third-order valence-corrected chi connectivity index (χ3v) is 4.78. The van der Waals surface area contributed by atoms with Crippen LogP contribution in [0.1, 0.15) is 5.56 Å². The first-order valence-corrected chi connectivity index (χ1v) is 9.33. The lowest BCUT2D eigenvalue weighted by Gasteiger charge is -2.17. The van der Waals surface area contributed by atoms with Crippen molar-refractivity contribution in [1.29, 1.82) is 0 Å². The molecule has 0 fully saturated rings. The Hall–Kier alpha value is -1.89. The van der Waals surface area contributed by atoms with Crippen LogP contribution < -0.4 is 0 Å². The summed E-state index contributed by atoms with van der Waals surface area (Å²) in [6.45, 7) is 1.53. The molecule has 0 aliphatic carbocycles. The maximum Gasteiger partial charge on any atom is 0.217 e. The average Bonchev–Trinajstić information content (AvgIpc) is 2.97. The lowest BCUT2D eigenvalue weighted by molar-refractivity contribution is 0.244. The molecule has 0 saturated heterocycles. The van der Waals surface area contributed by atoms with Crippen molar-refractivity contribution in [2.45, 2.75) is 18.1 Å². The maximum absolute atomic E-state index is 5.38.